The van der Waals surface area contributed by atoms with Crippen molar-refractivity contribution >= 4 is 5.91 Å². The Labute approximate surface area is 122 Å². The zero-order valence-corrected chi connectivity index (χ0v) is 12.2. The monoisotopic (exact) mass is 290 g/mol. The van der Waals surface area contributed by atoms with Gasteiger partial charge in [-0.25, -0.2) is 0 Å². The lowest BCUT2D eigenvalue weighted by atomic mass is 10.3. The molecule has 7 heteroatoms. The second kappa shape index (κ2) is 7.49. The van der Waals surface area contributed by atoms with E-state index < -0.39 is 0 Å². The Hall–Kier alpha value is -2.28. The van der Waals surface area contributed by atoms with Gasteiger partial charge in [0, 0.05) is 31.0 Å². The predicted octanol–water partition coefficient (Wildman–Crippen LogP) is 1.52. The number of rotatable bonds is 7. The van der Waals surface area contributed by atoms with E-state index in [9.17, 15) is 4.79 Å². The summed E-state index contributed by atoms with van der Waals surface area (Å²) in [5.41, 5.74) is 0.770. The predicted molar refractivity (Wildman–Crippen MR) is 75.1 cm³/mol. The molecule has 0 fully saturated rings. The van der Waals surface area contributed by atoms with Crippen LogP contribution in [-0.4, -0.2) is 45.6 Å². The molecule has 0 saturated heterocycles. The van der Waals surface area contributed by atoms with Crippen molar-refractivity contribution in [1.82, 2.24) is 20.0 Å². The SMILES string of the molecule is CCN(CC)C(=O)COCc1nc(-c2cccnc2)no1. The summed E-state index contributed by atoms with van der Waals surface area (Å²) in [7, 11) is 0. The van der Waals surface area contributed by atoms with Gasteiger partial charge >= 0.3 is 0 Å². The third-order valence-electron chi connectivity index (χ3n) is 2.96. The summed E-state index contributed by atoms with van der Waals surface area (Å²) in [5.74, 6) is 0.741. The Morgan fingerprint density at radius 1 is 1.38 bits per heavy atom. The lowest BCUT2D eigenvalue weighted by molar-refractivity contribution is -0.136. The molecule has 0 aliphatic carbocycles. The van der Waals surface area contributed by atoms with Crippen LogP contribution >= 0.6 is 0 Å². The van der Waals surface area contributed by atoms with Gasteiger partial charge in [0.25, 0.3) is 5.89 Å². The van der Waals surface area contributed by atoms with Crippen molar-refractivity contribution < 1.29 is 14.1 Å². The fourth-order valence-electron chi connectivity index (χ4n) is 1.82. The highest BCUT2D eigenvalue weighted by Crippen LogP contribution is 2.13. The van der Waals surface area contributed by atoms with Crippen LogP contribution in [-0.2, 0) is 16.1 Å². The van der Waals surface area contributed by atoms with Gasteiger partial charge in [-0.15, -0.1) is 0 Å². The molecule has 0 radical (unpaired) electrons. The van der Waals surface area contributed by atoms with Crippen molar-refractivity contribution in [3.05, 3.63) is 30.4 Å². The molecule has 0 aliphatic rings. The first-order valence-electron chi connectivity index (χ1n) is 6.83. The Kier molecular flexibility index (Phi) is 5.39. The van der Waals surface area contributed by atoms with Gasteiger partial charge in [-0.1, -0.05) is 5.16 Å². The highest BCUT2D eigenvalue weighted by Gasteiger charge is 2.12. The van der Waals surface area contributed by atoms with E-state index in [0.29, 0.717) is 24.8 Å². The van der Waals surface area contributed by atoms with Crippen LogP contribution in [0.25, 0.3) is 11.4 Å². The molecule has 1 amide bonds. The van der Waals surface area contributed by atoms with Crippen LogP contribution in [0.3, 0.4) is 0 Å². The first-order valence-corrected chi connectivity index (χ1v) is 6.83. The van der Waals surface area contributed by atoms with E-state index in [-0.39, 0.29) is 19.1 Å². The number of carbonyl (C=O) groups excluding carboxylic acids is 1. The first-order chi connectivity index (χ1) is 10.2. The smallest absolute Gasteiger partial charge is 0.252 e. The molecule has 21 heavy (non-hydrogen) atoms. The maximum absolute atomic E-state index is 11.7. The standard InChI is InChI=1S/C14H18N4O3/c1-3-18(4-2)13(19)10-20-9-12-16-14(17-21-12)11-6-5-7-15-8-11/h5-8H,3-4,9-10H2,1-2H3. The van der Waals surface area contributed by atoms with Gasteiger partial charge in [-0.3, -0.25) is 9.78 Å². The number of pyridine rings is 1. The van der Waals surface area contributed by atoms with Crippen LogP contribution in [0.2, 0.25) is 0 Å². The second-order valence-electron chi connectivity index (χ2n) is 4.31. The molecule has 2 aromatic heterocycles. The fourth-order valence-corrected chi connectivity index (χ4v) is 1.82. The zero-order valence-electron chi connectivity index (χ0n) is 12.2. The molecule has 0 unspecified atom stereocenters. The molecule has 0 bridgehead atoms. The van der Waals surface area contributed by atoms with Crippen LogP contribution in [0, 0.1) is 0 Å². The van der Waals surface area contributed by atoms with Gasteiger partial charge in [-0.05, 0) is 26.0 Å². The average molecular weight is 290 g/mol. The Bertz CT molecular complexity index is 567. The van der Waals surface area contributed by atoms with E-state index in [1.54, 1.807) is 23.4 Å². The minimum absolute atomic E-state index is 0.00624. The van der Waals surface area contributed by atoms with Crippen molar-refractivity contribution in [2.45, 2.75) is 20.5 Å². The molecule has 7 nitrogen and oxygen atoms in total. The molecule has 0 saturated carbocycles. The zero-order chi connectivity index (χ0) is 15.1. The summed E-state index contributed by atoms with van der Waals surface area (Å²) in [5, 5.41) is 3.85. The van der Waals surface area contributed by atoms with Gasteiger partial charge in [0.15, 0.2) is 0 Å². The highest BCUT2D eigenvalue weighted by molar-refractivity contribution is 5.77. The molecule has 0 spiro atoms. The number of hydrogen-bond donors (Lipinski definition) is 0. The lowest BCUT2D eigenvalue weighted by Gasteiger charge is -2.17. The number of aromatic nitrogens is 3. The summed E-state index contributed by atoms with van der Waals surface area (Å²) in [6, 6.07) is 3.64. The summed E-state index contributed by atoms with van der Waals surface area (Å²) < 4.78 is 10.4. The maximum atomic E-state index is 11.7. The molecular formula is C14H18N4O3. The van der Waals surface area contributed by atoms with Crippen molar-refractivity contribution in [3.63, 3.8) is 0 Å². The molecule has 2 heterocycles. The summed E-state index contributed by atoms with van der Waals surface area (Å²) in [6.45, 7) is 5.32. The summed E-state index contributed by atoms with van der Waals surface area (Å²) >= 11 is 0. The van der Waals surface area contributed by atoms with Crippen LogP contribution in [0.1, 0.15) is 19.7 Å². The van der Waals surface area contributed by atoms with E-state index in [0.717, 1.165) is 5.56 Å². The largest absolute Gasteiger partial charge is 0.362 e. The fraction of sp³-hybridized carbons (Fsp3) is 0.429. The Balaban J connectivity index is 1.85. The Morgan fingerprint density at radius 2 is 2.19 bits per heavy atom. The first kappa shape index (κ1) is 15.1. The van der Waals surface area contributed by atoms with Crippen LogP contribution < -0.4 is 0 Å². The van der Waals surface area contributed by atoms with Crippen molar-refractivity contribution in [2.24, 2.45) is 0 Å². The minimum atomic E-state index is -0.0491. The average Bonchev–Trinajstić information content (AvgIpc) is 2.98. The number of amides is 1. The molecule has 0 atom stereocenters. The third kappa shape index (κ3) is 4.09. The molecule has 0 aromatic carbocycles. The van der Waals surface area contributed by atoms with Crippen molar-refractivity contribution in [1.29, 1.82) is 0 Å². The Morgan fingerprint density at radius 3 is 2.86 bits per heavy atom. The summed E-state index contributed by atoms with van der Waals surface area (Å²) in [4.78, 5) is 21.6. The topological polar surface area (TPSA) is 81.4 Å². The number of likely N-dealkylation sites (N-methyl/N-ethyl adjacent to an activating group) is 1. The quantitative estimate of drug-likeness (QED) is 0.769. The normalized spacial score (nSPS) is 10.6. The second-order valence-corrected chi connectivity index (χ2v) is 4.31. The third-order valence-corrected chi connectivity index (χ3v) is 2.96. The van der Waals surface area contributed by atoms with E-state index >= 15 is 0 Å². The van der Waals surface area contributed by atoms with E-state index in [2.05, 4.69) is 15.1 Å². The van der Waals surface area contributed by atoms with E-state index in [1.165, 1.54) is 0 Å². The van der Waals surface area contributed by atoms with Gasteiger partial charge < -0.3 is 14.2 Å². The van der Waals surface area contributed by atoms with E-state index in [4.69, 9.17) is 9.26 Å². The van der Waals surface area contributed by atoms with Crippen LogP contribution in [0.5, 0.6) is 0 Å². The molecule has 0 aliphatic heterocycles. The highest BCUT2D eigenvalue weighted by atomic mass is 16.5. The number of ether oxygens (including phenoxy) is 1. The van der Waals surface area contributed by atoms with Crippen LogP contribution in [0.4, 0.5) is 0 Å². The van der Waals surface area contributed by atoms with E-state index in [1.807, 2.05) is 19.9 Å². The number of hydrogen-bond acceptors (Lipinski definition) is 6. The van der Waals surface area contributed by atoms with Gasteiger partial charge in [-0.2, -0.15) is 4.98 Å². The van der Waals surface area contributed by atoms with Crippen molar-refractivity contribution in [3.8, 4) is 11.4 Å². The van der Waals surface area contributed by atoms with Gasteiger partial charge in [0.2, 0.25) is 11.7 Å². The minimum Gasteiger partial charge on any atom is -0.362 e. The molecule has 0 N–H and O–H groups in total. The van der Waals surface area contributed by atoms with Crippen molar-refractivity contribution in [2.75, 3.05) is 19.7 Å². The molecular weight excluding hydrogens is 272 g/mol. The van der Waals surface area contributed by atoms with Crippen LogP contribution in [0.15, 0.2) is 29.0 Å². The van der Waals surface area contributed by atoms with Gasteiger partial charge in [0.1, 0.15) is 13.2 Å². The molecule has 2 rings (SSSR count). The maximum Gasteiger partial charge on any atom is 0.252 e. The lowest BCUT2D eigenvalue weighted by Crippen LogP contribution is -2.33. The van der Waals surface area contributed by atoms with Gasteiger partial charge in [0.05, 0.1) is 0 Å². The number of carbonyl (C=O) groups is 1. The summed E-state index contributed by atoms with van der Waals surface area (Å²) in [6.07, 6.45) is 3.33. The number of nitrogens with zero attached hydrogens (tertiary/aromatic N) is 4. The molecule has 2 aromatic rings. The molecule has 112 valence electrons.